The summed E-state index contributed by atoms with van der Waals surface area (Å²) in [6.07, 6.45) is 6.09. The first kappa shape index (κ1) is 20.9. The van der Waals surface area contributed by atoms with Crippen LogP contribution in [0.25, 0.3) is 22.1 Å². The number of fused-ring (bicyclic) bond motifs is 4. The van der Waals surface area contributed by atoms with Crippen molar-refractivity contribution in [2.24, 2.45) is 0 Å². The van der Waals surface area contributed by atoms with Gasteiger partial charge in [0.25, 0.3) is 5.91 Å². The van der Waals surface area contributed by atoms with Gasteiger partial charge in [-0.3, -0.25) is 14.2 Å². The maximum absolute atomic E-state index is 14.7. The van der Waals surface area contributed by atoms with Crippen LogP contribution in [0, 0.1) is 11.2 Å². The lowest BCUT2D eigenvalue weighted by Gasteiger charge is -2.26. The molecule has 1 aromatic carbocycles. The van der Waals surface area contributed by atoms with Gasteiger partial charge in [0.05, 0.1) is 11.7 Å². The quantitative estimate of drug-likeness (QED) is 0.438. The molecule has 5 rings (SSSR count). The molecule has 11 heteroatoms. The van der Waals surface area contributed by atoms with Crippen molar-refractivity contribution >= 4 is 51.7 Å². The maximum atomic E-state index is 14.7. The number of hydrogen-bond acceptors (Lipinski definition) is 8. The van der Waals surface area contributed by atoms with Crippen LogP contribution < -0.4 is 15.0 Å². The molecule has 0 aliphatic carbocycles. The first-order valence-corrected chi connectivity index (χ1v) is 10.7. The van der Waals surface area contributed by atoms with Crippen molar-refractivity contribution in [3.05, 3.63) is 54.2 Å². The normalized spacial score (nSPS) is 13.8. The van der Waals surface area contributed by atoms with Crippen molar-refractivity contribution in [2.45, 2.75) is 10.1 Å². The van der Waals surface area contributed by atoms with Crippen LogP contribution in [0.15, 0.2) is 52.9 Å². The molecule has 0 saturated carbocycles. The average molecular weight is 463 g/mol. The fourth-order valence-corrected chi connectivity index (χ4v) is 4.43. The topological polar surface area (TPSA) is 109 Å². The number of amides is 1. The molecule has 0 fully saturated rings. The average Bonchev–Trinajstić information content (AvgIpc) is 3.22. The Balaban J connectivity index is 1.58. The fourth-order valence-electron chi connectivity index (χ4n) is 3.59. The van der Waals surface area contributed by atoms with Gasteiger partial charge >= 0.3 is 0 Å². The Labute approximate surface area is 191 Å². The third kappa shape index (κ3) is 3.55. The fraction of sp³-hybridized carbons (Fsp3) is 0.136. The number of benzene rings is 1. The molecule has 3 aromatic heterocycles. The molecule has 0 spiro atoms. The van der Waals surface area contributed by atoms with Crippen molar-refractivity contribution in [1.29, 1.82) is 5.41 Å². The second kappa shape index (κ2) is 8.17. The number of ether oxygens (including phenoxy) is 1. The molecular weight excluding hydrogens is 445 g/mol. The van der Waals surface area contributed by atoms with Gasteiger partial charge in [-0.15, -0.1) is 10.2 Å². The van der Waals surface area contributed by atoms with Crippen LogP contribution in [-0.2, 0) is 4.79 Å². The molecule has 166 valence electrons. The SMILES string of the molecule is CN/C=C(\C=N)c1cc(F)c2nnc(Sc3ccc4ncc5c(c4c3)OCC(=O)N5C)n2c1. The predicted octanol–water partition coefficient (Wildman–Crippen LogP) is 3.13. The Kier molecular flexibility index (Phi) is 5.17. The zero-order chi connectivity index (χ0) is 23.1. The van der Waals surface area contributed by atoms with Crippen molar-refractivity contribution in [3.63, 3.8) is 0 Å². The van der Waals surface area contributed by atoms with E-state index in [4.69, 9.17) is 10.1 Å². The van der Waals surface area contributed by atoms with E-state index in [2.05, 4.69) is 20.5 Å². The molecule has 0 saturated heterocycles. The number of halogens is 1. The van der Waals surface area contributed by atoms with E-state index in [1.165, 1.54) is 22.7 Å². The first-order chi connectivity index (χ1) is 16.0. The number of nitrogens with zero attached hydrogens (tertiary/aromatic N) is 5. The molecule has 4 aromatic rings. The Morgan fingerprint density at radius 1 is 1.33 bits per heavy atom. The number of allylic oxidation sites excluding steroid dienone is 1. The number of rotatable bonds is 5. The van der Waals surface area contributed by atoms with E-state index in [1.54, 1.807) is 37.1 Å². The monoisotopic (exact) mass is 463 g/mol. The maximum Gasteiger partial charge on any atom is 0.264 e. The zero-order valence-corrected chi connectivity index (χ0v) is 18.5. The van der Waals surface area contributed by atoms with Gasteiger partial charge < -0.3 is 20.4 Å². The molecule has 33 heavy (non-hydrogen) atoms. The number of aromatic nitrogens is 4. The number of carbonyl (C=O) groups excluding carboxylic acids is 1. The van der Waals surface area contributed by atoms with Gasteiger partial charge in [-0.1, -0.05) is 0 Å². The minimum Gasteiger partial charge on any atom is -0.481 e. The van der Waals surface area contributed by atoms with Crippen LogP contribution in [0.4, 0.5) is 10.1 Å². The molecule has 2 N–H and O–H groups in total. The van der Waals surface area contributed by atoms with E-state index in [9.17, 15) is 9.18 Å². The Morgan fingerprint density at radius 3 is 2.97 bits per heavy atom. The van der Waals surface area contributed by atoms with Gasteiger partial charge in [-0.05, 0) is 36.0 Å². The van der Waals surface area contributed by atoms with Gasteiger partial charge in [0.1, 0.15) is 5.69 Å². The zero-order valence-electron chi connectivity index (χ0n) is 17.7. The Bertz CT molecular complexity index is 1470. The second-order valence-electron chi connectivity index (χ2n) is 7.28. The highest BCUT2D eigenvalue weighted by Gasteiger charge is 2.25. The van der Waals surface area contributed by atoms with E-state index < -0.39 is 5.82 Å². The highest BCUT2D eigenvalue weighted by molar-refractivity contribution is 7.99. The Hall–Kier alpha value is -3.99. The van der Waals surface area contributed by atoms with Gasteiger partial charge in [0, 0.05) is 54.1 Å². The lowest BCUT2D eigenvalue weighted by atomic mass is 10.1. The Morgan fingerprint density at radius 2 is 2.18 bits per heavy atom. The van der Waals surface area contributed by atoms with Gasteiger partial charge in [-0.25, -0.2) is 4.39 Å². The van der Waals surface area contributed by atoms with Crippen LogP contribution in [0.1, 0.15) is 5.56 Å². The number of nitrogens with one attached hydrogen (secondary N) is 2. The molecule has 4 heterocycles. The molecule has 0 bridgehead atoms. The smallest absolute Gasteiger partial charge is 0.264 e. The molecule has 1 amide bonds. The number of hydrogen-bond donors (Lipinski definition) is 2. The number of likely N-dealkylation sites (N-methyl/N-ethyl adjacent to an activating group) is 1. The van der Waals surface area contributed by atoms with Crippen molar-refractivity contribution in [1.82, 2.24) is 24.9 Å². The largest absolute Gasteiger partial charge is 0.481 e. The molecule has 0 radical (unpaired) electrons. The molecule has 9 nitrogen and oxygen atoms in total. The minimum absolute atomic E-state index is 0.0354. The van der Waals surface area contributed by atoms with Crippen molar-refractivity contribution in [3.8, 4) is 5.75 Å². The van der Waals surface area contributed by atoms with E-state index in [0.29, 0.717) is 27.7 Å². The highest BCUT2D eigenvalue weighted by Crippen LogP contribution is 2.39. The highest BCUT2D eigenvalue weighted by atomic mass is 32.2. The third-order valence-corrected chi connectivity index (χ3v) is 6.22. The van der Waals surface area contributed by atoms with E-state index in [1.807, 2.05) is 18.2 Å². The minimum atomic E-state index is -0.534. The summed E-state index contributed by atoms with van der Waals surface area (Å²) < 4.78 is 22.0. The van der Waals surface area contributed by atoms with E-state index in [-0.39, 0.29) is 18.2 Å². The number of anilines is 1. The summed E-state index contributed by atoms with van der Waals surface area (Å²) in [6, 6.07) is 6.97. The summed E-state index contributed by atoms with van der Waals surface area (Å²) >= 11 is 1.31. The first-order valence-electron chi connectivity index (χ1n) is 9.92. The molecule has 1 aliphatic rings. The molecule has 0 unspecified atom stereocenters. The summed E-state index contributed by atoms with van der Waals surface area (Å²) in [5.41, 5.74) is 2.47. The van der Waals surface area contributed by atoms with E-state index >= 15 is 0 Å². The molecule has 1 aliphatic heterocycles. The van der Waals surface area contributed by atoms with Crippen LogP contribution in [0.2, 0.25) is 0 Å². The van der Waals surface area contributed by atoms with Crippen molar-refractivity contribution < 1.29 is 13.9 Å². The summed E-state index contributed by atoms with van der Waals surface area (Å²) in [7, 11) is 3.40. The van der Waals surface area contributed by atoms with Crippen LogP contribution in [0.5, 0.6) is 5.75 Å². The van der Waals surface area contributed by atoms with Gasteiger partial charge in [0.15, 0.2) is 23.8 Å². The summed E-state index contributed by atoms with van der Waals surface area (Å²) in [4.78, 5) is 18.7. The standard InChI is InChI=1S/C22H18FN7O2S/c1-25-8-13(7-24)12-5-16(23)21-27-28-22(30(21)10-12)33-14-3-4-17-15(6-14)20-18(9-26-17)29(2)19(31)11-32-20/h3-10,24-25H,11H2,1-2H3/b13-8+,24-7?. The molecule has 0 atom stereocenters. The predicted molar refractivity (Wildman–Crippen MR) is 124 cm³/mol. The van der Waals surface area contributed by atoms with Gasteiger partial charge in [0.2, 0.25) is 5.16 Å². The molecular formula is C22H18FN7O2S. The van der Waals surface area contributed by atoms with Crippen LogP contribution in [-0.4, -0.2) is 52.4 Å². The second-order valence-corrected chi connectivity index (χ2v) is 8.32. The number of pyridine rings is 2. The van der Waals surface area contributed by atoms with Gasteiger partial charge in [-0.2, -0.15) is 0 Å². The summed E-state index contributed by atoms with van der Waals surface area (Å²) in [6.45, 7) is -0.0354. The van der Waals surface area contributed by atoms with Crippen molar-refractivity contribution in [2.75, 3.05) is 25.6 Å². The van der Waals surface area contributed by atoms with Crippen LogP contribution in [0.3, 0.4) is 0 Å². The summed E-state index contributed by atoms with van der Waals surface area (Å²) in [5, 5.41) is 19.8. The lowest BCUT2D eigenvalue weighted by Crippen LogP contribution is -2.35. The lowest BCUT2D eigenvalue weighted by molar-refractivity contribution is -0.120. The number of carbonyl (C=O) groups is 1. The summed E-state index contributed by atoms with van der Waals surface area (Å²) in [5.74, 6) is -0.0797. The van der Waals surface area contributed by atoms with Crippen LogP contribution >= 0.6 is 11.8 Å². The van der Waals surface area contributed by atoms with E-state index in [0.717, 1.165) is 22.0 Å². The third-order valence-electron chi connectivity index (χ3n) is 5.27.